The normalized spacial score (nSPS) is 15.2. The molecular weight excluding hydrogens is 240 g/mol. The van der Waals surface area contributed by atoms with Crippen LogP contribution in [0, 0.1) is 0 Å². The van der Waals surface area contributed by atoms with Crippen molar-refractivity contribution in [3.05, 3.63) is 29.8 Å². The van der Waals surface area contributed by atoms with E-state index in [0.29, 0.717) is 13.2 Å². The lowest BCUT2D eigenvalue weighted by molar-refractivity contribution is -0.145. The molecule has 1 aliphatic heterocycles. The van der Waals surface area contributed by atoms with Gasteiger partial charge in [-0.25, -0.2) is 0 Å². The second kappa shape index (κ2) is 6.57. The summed E-state index contributed by atoms with van der Waals surface area (Å²) in [6.07, 6.45) is 1.05. The van der Waals surface area contributed by atoms with Gasteiger partial charge >= 0.3 is 5.97 Å². The van der Waals surface area contributed by atoms with E-state index >= 15 is 0 Å². The molecule has 0 saturated carbocycles. The molecule has 4 nitrogen and oxygen atoms in total. The van der Waals surface area contributed by atoms with Crippen LogP contribution in [0.1, 0.15) is 19.4 Å². The lowest BCUT2D eigenvalue weighted by atomic mass is 10.2. The first-order chi connectivity index (χ1) is 9.26. The van der Waals surface area contributed by atoms with Crippen molar-refractivity contribution in [2.75, 3.05) is 31.1 Å². The number of anilines is 1. The minimum absolute atomic E-state index is 0.159. The number of ether oxygens (including phenoxy) is 1. The Kier molecular flexibility index (Phi) is 4.80. The maximum Gasteiger partial charge on any atom is 0.324 e. The number of hydrogen-bond acceptors (Lipinski definition) is 4. The molecule has 1 aromatic rings. The lowest BCUT2D eigenvalue weighted by Gasteiger charge is -2.25. The number of esters is 1. The zero-order valence-corrected chi connectivity index (χ0v) is 11.7. The van der Waals surface area contributed by atoms with Crippen LogP contribution in [-0.4, -0.2) is 38.3 Å². The molecular formula is C15H22N2O2. The van der Waals surface area contributed by atoms with Gasteiger partial charge in [0.1, 0.15) is 6.04 Å². The lowest BCUT2D eigenvalue weighted by Crippen LogP contribution is -2.46. The highest BCUT2D eigenvalue weighted by atomic mass is 16.5. The molecule has 0 spiro atoms. The van der Waals surface area contributed by atoms with Crippen LogP contribution in [0.15, 0.2) is 24.3 Å². The molecule has 0 amide bonds. The van der Waals surface area contributed by atoms with Crippen LogP contribution in [0.25, 0.3) is 0 Å². The summed E-state index contributed by atoms with van der Waals surface area (Å²) in [5.74, 6) is -0.159. The van der Waals surface area contributed by atoms with Crippen LogP contribution in [0.5, 0.6) is 0 Å². The van der Waals surface area contributed by atoms with Crippen LogP contribution in [0.2, 0.25) is 0 Å². The van der Waals surface area contributed by atoms with Crippen molar-refractivity contribution in [3.63, 3.8) is 0 Å². The van der Waals surface area contributed by atoms with E-state index < -0.39 is 0 Å². The Morgan fingerprint density at radius 2 is 2.21 bits per heavy atom. The highest BCUT2D eigenvalue weighted by Gasteiger charge is 2.25. The highest BCUT2D eigenvalue weighted by Crippen LogP contribution is 2.27. The van der Waals surface area contributed by atoms with E-state index in [4.69, 9.17) is 4.74 Å². The number of hydrogen-bond donors (Lipinski definition) is 1. The topological polar surface area (TPSA) is 41.6 Å². The maximum atomic E-state index is 11.9. The van der Waals surface area contributed by atoms with Gasteiger partial charge in [0.15, 0.2) is 0 Å². The van der Waals surface area contributed by atoms with E-state index in [2.05, 4.69) is 28.4 Å². The smallest absolute Gasteiger partial charge is 0.324 e. The Bertz CT molecular complexity index is 434. The van der Waals surface area contributed by atoms with Gasteiger partial charge in [0.25, 0.3) is 0 Å². The Balaban J connectivity index is 2.04. The van der Waals surface area contributed by atoms with Crippen molar-refractivity contribution in [2.45, 2.75) is 26.3 Å². The molecule has 1 heterocycles. The molecule has 4 heteroatoms. The summed E-state index contributed by atoms with van der Waals surface area (Å²) < 4.78 is 5.13. The molecule has 0 bridgehead atoms. The second-order valence-electron chi connectivity index (χ2n) is 4.69. The monoisotopic (exact) mass is 262 g/mol. The third-order valence-electron chi connectivity index (χ3n) is 3.41. The van der Waals surface area contributed by atoms with Crippen molar-refractivity contribution in [1.82, 2.24) is 5.32 Å². The number of carbonyl (C=O) groups is 1. The first kappa shape index (κ1) is 13.9. The van der Waals surface area contributed by atoms with Crippen molar-refractivity contribution >= 4 is 11.7 Å². The molecule has 1 unspecified atom stereocenters. The van der Waals surface area contributed by atoms with Gasteiger partial charge in [-0.15, -0.1) is 0 Å². The summed E-state index contributed by atoms with van der Waals surface area (Å²) in [4.78, 5) is 14.2. The van der Waals surface area contributed by atoms with Crippen molar-refractivity contribution in [1.29, 1.82) is 0 Å². The van der Waals surface area contributed by atoms with E-state index in [1.807, 2.05) is 19.9 Å². The molecule has 104 valence electrons. The highest BCUT2D eigenvalue weighted by molar-refractivity contribution is 5.77. The second-order valence-corrected chi connectivity index (χ2v) is 4.69. The minimum Gasteiger partial charge on any atom is -0.465 e. The zero-order valence-electron chi connectivity index (χ0n) is 11.7. The average molecular weight is 262 g/mol. The molecule has 19 heavy (non-hydrogen) atoms. The number of nitrogens with one attached hydrogen (secondary N) is 1. The van der Waals surface area contributed by atoms with Gasteiger partial charge in [-0.2, -0.15) is 0 Å². The number of benzene rings is 1. The summed E-state index contributed by atoms with van der Waals surface area (Å²) in [6.45, 7) is 6.68. The maximum absolute atomic E-state index is 11.9. The van der Waals surface area contributed by atoms with Crippen LogP contribution < -0.4 is 10.2 Å². The fourth-order valence-electron chi connectivity index (χ4n) is 2.53. The number of carbonyl (C=O) groups excluding carboxylic acids is 1. The zero-order chi connectivity index (χ0) is 13.7. The average Bonchev–Trinajstić information content (AvgIpc) is 2.82. The number of rotatable bonds is 6. The minimum atomic E-state index is -0.254. The molecule has 2 rings (SSSR count). The number of fused-ring (bicyclic) bond motifs is 1. The van der Waals surface area contributed by atoms with Gasteiger partial charge in [-0.05, 0) is 31.5 Å². The molecule has 1 atom stereocenters. The first-order valence-corrected chi connectivity index (χ1v) is 6.99. The summed E-state index contributed by atoms with van der Waals surface area (Å²) in [5, 5.41) is 3.21. The predicted octanol–water partition coefficient (Wildman–Crippen LogP) is 1.59. The molecule has 1 aromatic carbocycles. The Morgan fingerprint density at radius 3 is 2.95 bits per heavy atom. The van der Waals surface area contributed by atoms with Gasteiger partial charge < -0.3 is 15.0 Å². The van der Waals surface area contributed by atoms with E-state index in [9.17, 15) is 4.79 Å². The standard InChI is InChI=1S/C15H22N2O2/c1-3-16-13(15(18)19-4-2)11-17-10-9-12-7-5-6-8-14(12)17/h5-8,13,16H,3-4,9-11H2,1-2H3. The molecule has 0 saturated heterocycles. The van der Waals surface area contributed by atoms with Gasteiger partial charge in [0, 0.05) is 18.8 Å². The summed E-state index contributed by atoms with van der Waals surface area (Å²) in [7, 11) is 0. The third-order valence-corrected chi connectivity index (χ3v) is 3.41. The first-order valence-electron chi connectivity index (χ1n) is 6.99. The Morgan fingerprint density at radius 1 is 1.42 bits per heavy atom. The third kappa shape index (κ3) is 3.26. The molecule has 0 radical (unpaired) electrons. The summed E-state index contributed by atoms with van der Waals surface area (Å²) in [6, 6.07) is 8.13. The van der Waals surface area contributed by atoms with Gasteiger partial charge in [-0.3, -0.25) is 4.79 Å². The fraction of sp³-hybridized carbons (Fsp3) is 0.533. The number of para-hydroxylation sites is 1. The molecule has 0 fully saturated rings. The van der Waals surface area contributed by atoms with E-state index in [1.165, 1.54) is 11.3 Å². The largest absolute Gasteiger partial charge is 0.465 e. The van der Waals surface area contributed by atoms with E-state index in [-0.39, 0.29) is 12.0 Å². The van der Waals surface area contributed by atoms with E-state index in [0.717, 1.165) is 19.5 Å². The van der Waals surface area contributed by atoms with Crippen LogP contribution >= 0.6 is 0 Å². The Hall–Kier alpha value is -1.55. The van der Waals surface area contributed by atoms with Crippen LogP contribution in [-0.2, 0) is 16.0 Å². The Labute approximate surface area is 114 Å². The molecule has 1 N–H and O–H groups in total. The summed E-state index contributed by atoms with van der Waals surface area (Å²) in [5.41, 5.74) is 2.61. The number of likely N-dealkylation sites (N-methyl/N-ethyl adjacent to an activating group) is 1. The number of nitrogens with zero attached hydrogens (tertiary/aromatic N) is 1. The van der Waals surface area contributed by atoms with Crippen molar-refractivity contribution in [3.8, 4) is 0 Å². The molecule has 1 aliphatic rings. The van der Waals surface area contributed by atoms with Crippen molar-refractivity contribution in [2.24, 2.45) is 0 Å². The molecule has 0 aromatic heterocycles. The molecule has 0 aliphatic carbocycles. The van der Waals surface area contributed by atoms with Crippen LogP contribution in [0.4, 0.5) is 5.69 Å². The van der Waals surface area contributed by atoms with Gasteiger partial charge in [0.2, 0.25) is 0 Å². The fourth-order valence-corrected chi connectivity index (χ4v) is 2.53. The predicted molar refractivity (Wildman–Crippen MR) is 76.5 cm³/mol. The van der Waals surface area contributed by atoms with E-state index in [1.54, 1.807) is 0 Å². The SMILES string of the molecule is CCNC(CN1CCc2ccccc21)C(=O)OCC. The summed E-state index contributed by atoms with van der Waals surface area (Å²) >= 11 is 0. The van der Waals surface area contributed by atoms with Gasteiger partial charge in [-0.1, -0.05) is 25.1 Å². The quantitative estimate of drug-likeness (QED) is 0.791. The van der Waals surface area contributed by atoms with Crippen LogP contribution in [0.3, 0.4) is 0 Å². The van der Waals surface area contributed by atoms with Gasteiger partial charge in [0.05, 0.1) is 6.61 Å². The van der Waals surface area contributed by atoms with Crippen molar-refractivity contribution < 1.29 is 9.53 Å².